The predicted octanol–water partition coefficient (Wildman–Crippen LogP) is 2.85. The average molecular weight is 1330 g/mol. The van der Waals surface area contributed by atoms with Crippen LogP contribution >= 0.6 is 0 Å². The molecule has 4 aliphatic rings. The maximum Gasteiger partial charge on any atom is 0.343 e. The van der Waals surface area contributed by atoms with E-state index in [4.69, 9.17) is 28.7 Å². The van der Waals surface area contributed by atoms with Crippen LogP contribution in [0.1, 0.15) is 135 Å². The van der Waals surface area contributed by atoms with E-state index in [2.05, 4.69) is 21.3 Å². The summed E-state index contributed by atoms with van der Waals surface area (Å²) in [6.07, 6.45) is 1.73. The summed E-state index contributed by atoms with van der Waals surface area (Å²) in [4.78, 5) is 172. The number of aryl methyl sites for hydroxylation is 1. The monoisotopic (exact) mass is 1330 g/mol. The van der Waals surface area contributed by atoms with Crippen LogP contribution in [0.5, 0.6) is 0 Å². The van der Waals surface area contributed by atoms with Gasteiger partial charge in [0, 0.05) is 105 Å². The number of aliphatic carboxylic acids is 1. The lowest BCUT2D eigenvalue weighted by Crippen LogP contribution is -2.44. The number of carboxylic acid groups (broad SMARTS) is 1. The molecular formula is C68H80FN7O20. The van der Waals surface area contributed by atoms with Crippen molar-refractivity contribution in [2.24, 2.45) is 5.92 Å². The highest BCUT2D eigenvalue weighted by Gasteiger charge is 2.46. The van der Waals surface area contributed by atoms with Crippen molar-refractivity contribution >= 4 is 81.4 Å². The lowest BCUT2D eigenvalue weighted by atomic mass is 9.81. The number of ketones is 4. The van der Waals surface area contributed by atoms with Crippen molar-refractivity contribution < 1.29 is 95.8 Å². The van der Waals surface area contributed by atoms with E-state index >= 15 is 4.39 Å². The Kier molecular flexibility index (Phi) is 26.2. The Bertz CT molecular complexity index is 3720. The molecule has 0 saturated heterocycles. The van der Waals surface area contributed by atoms with E-state index in [-0.39, 0.29) is 133 Å². The Morgan fingerprint density at radius 2 is 1.40 bits per heavy atom. The van der Waals surface area contributed by atoms with E-state index in [1.807, 2.05) is 0 Å². The highest BCUT2D eigenvalue weighted by Crippen LogP contribution is 2.46. The first kappa shape index (κ1) is 72.7. The second-order valence-corrected chi connectivity index (χ2v) is 23.9. The number of Topliss-reactive ketones (excluding diaryl/α,β-unsaturated/α-hetero) is 4. The van der Waals surface area contributed by atoms with E-state index in [0.29, 0.717) is 83.6 Å². The molecule has 0 spiro atoms. The van der Waals surface area contributed by atoms with E-state index in [9.17, 15) is 72.5 Å². The Morgan fingerprint density at radius 1 is 0.729 bits per heavy atom. The fraction of sp³-hybridized carbons (Fsp3) is 0.500. The Hall–Kier alpha value is -9.09. The molecule has 4 aromatic rings. The van der Waals surface area contributed by atoms with Crippen molar-refractivity contribution in [3.05, 3.63) is 110 Å². The lowest BCUT2D eigenvalue weighted by Gasteiger charge is -2.31. The maximum atomic E-state index is 15.5. The number of imide groups is 1. The minimum absolute atomic E-state index is 0.0513. The lowest BCUT2D eigenvalue weighted by molar-refractivity contribution is -0.172. The third-order valence-electron chi connectivity index (χ3n) is 17.2. The number of cyclic esters (lactones) is 1. The van der Waals surface area contributed by atoms with Crippen molar-refractivity contribution in [3.8, 4) is 11.4 Å². The van der Waals surface area contributed by atoms with Crippen LogP contribution in [0.15, 0.2) is 59.4 Å². The van der Waals surface area contributed by atoms with Gasteiger partial charge in [-0.3, -0.25) is 62.4 Å². The number of carbonyl (C=O) groups is 12. The van der Waals surface area contributed by atoms with Crippen LogP contribution in [-0.4, -0.2) is 174 Å². The highest BCUT2D eigenvalue weighted by atomic mass is 19.1. The molecule has 0 radical (unpaired) electrons. The van der Waals surface area contributed by atoms with Gasteiger partial charge in [0.1, 0.15) is 18.2 Å². The largest absolute Gasteiger partial charge is 0.481 e. The number of amides is 6. The normalized spacial score (nSPS) is 16.5. The van der Waals surface area contributed by atoms with Gasteiger partial charge in [0.05, 0.1) is 107 Å². The van der Waals surface area contributed by atoms with Gasteiger partial charge in [-0.15, -0.1) is 0 Å². The fourth-order valence-corrected chi connectivity index (χ4v) is 12.0. The van der Waals surface area contributed by atoms with Crippen LogP contribution in [0.3, 0.4) is 0 Å². The molecule has 6 N–H and O–H groups in total. The van der Waals surface area contributed by atoms with Gasteiger partial charge in [-0.2, -0.15) is 0 Å². The standard InChI is InChI=1S/C68H80FN7O20/c1-3-68(91)49-33-54-64-47(38-76(54)66(89)48(49)39-96-67(68)90)63-51(15-14-46-40(2)50(69)34-53(74-64)62(46)63)72-57(82)13-7-11-44(78)36-71-65(88)42(31-41-9-5-4-6-10-41)32-45(79)37-70-56(81)17-16-55(80)52(35-61(86)87)73-58(83)21-24-93-26-28-95-30-29-94-27-25-92-23-8-12-43(77)20-22-75-59(84)18-19-60(75)85/h4-6,9-10,18-19,33-34,42,51-52,91H,3,7-8,11-17,20-32,35-39H2,1-2H3,(H,70,81)(H,71,88)(H,72,82)(H,73,83)(H,86,87)/t42-,51+,52+,68+/m1/s1. The first-order valence-electron chi connectivity index (χ1n) is 32.2. The Labute approximate surface area is 551 Å². The zero-order valence-corrected chi connectivity index (χ0v) is 53.7. The number of nitrogens with one attached hydrogen (secondary N) is 4. The van der Waals surface area contributed by atoms with Crippen molar-refractivity contribution in [3.63, 3.8) is 0 Å². The topological polar surface area (TPSA) is 378 Å². The molecule has 2 aromatic carbocycles. The molecule has 0 bridgehead atoms. The van der Waals surface area contributed by atoms with Crippen molar-refractivity contribution in [2.75, 3.05) is 72.5 Å². The summed E-state index contributed by atoms with van der Waals surface area (Å²) in [5.41, 5.74) is 1.89. The van der Waals surface area contributed by atoms with E-state index in [1.54, 1.807) is 50.2 Å². The number of fused-ring (bicyclic) bond motifs is 5. The minimum Gasteiger partial charge on any atom is -0.481 e. The highest BCUT2D eigenvalue weighted by molar-refractivity contribution is 6.13. The van der Waals surface area contributed by atoms with Gasteiger partial charge in [-0.25, -0.2) is 14.2 Å². The summed E-state index contributed by atoms with van der Waals surface area (Å²) in [6, 6.07) is 9.64. The second-order valence-electron chi connectivity index (χ2n) is 23.9. The number of aromatic nitrogens is 2. The molecule has 27 nitrogen and oxygen atoms in total. The number of aliphatic hydroxyl groups is 1. The summed E-state index contributed by atoms with van der Waals surface area (Å²) in [7, 11) is 0. The minimum atomic E-state index is -2.06. The molecule has 0 saturated carbocycles. The maximum absolute atomic E-state index is 15.5. The number of pyridine rings is 2. The molecule has 28 heteroatoms. The van der Waals surface area contributed by atoms with Gasteiger partial charge in [0.15, 0.2) is 23.0 Å². The number of halogens is 1. The molecule has 8 rings (SSSR count). The third kappa shape index (κ3) is 19.1. The molecule has 1 aliphatic carbocycles. The zero-order chi connectivity index (χ0) is 69.1. The molecule has 3 aliphatic heterocycles. The smallest absolute Gasteiger partial charge is 0.343 e. The van der Waals surface area contributed by atoms with Gasteiger partial charge in [-0.1, -0.05) is 37.3 Å². The number of benzene rings is 2. The quantitative estimate of drug-likeness (QED) is 0.0186. The summed E-state index contributed by atoms with van der Waals surface area (Å²) in [5, 5.41) is 32.0. The van der Waals surface area contributed by atoms with Crippen LogP contribution in [0, 0.1) is 18.7 Å². The molecule has 2 aromatic heterocycles. The number of carboxylic acids is 1. The van der Waals surface area contributed by atoms with Gasteiger partial charge in [-0.05, 0) is 73.8 Å². The van der Waals surface area contributed by atoms with Gasteiger partial charge in [0.2, 0.25) is 23.6 Å². The number of carbonyl (C=O) groups excluding carboxylic acids is 11. The number of ether oxygens (including phenoxy) is 5. The van der Waals surface area contributed by atoms with Crippen molar-refractivity contribution in [2.45, 2.75) is 141 Å². The number of rotatable bonds is 41. The average Bonchev–Trinajstić information content (AvgIpc) is 1.48. The fourth-order valence-electron chi connectivity index (χ4n) is 12.0. The zero-order valence-electron chi connectivity index (χ0n) is 53.7. The molecule has 6 amide bonds. The molecule has 4 atom stereocenters. The third-order valence-corrected chi connectivity index (χ3v) is 17.2. The van der Waals surface area contributed by atoms with Crippen LogP contribution in [0.2, 0.25) is 0 Å². The summed E-state index contributed by atoms with van der Waals surface area (Å²) in [6.45, 7) is 3.80. The van der Waals surface area contributed by atoms with E-state index in [1.165, 1.54) is 22.8 Å². The number of hydrogen-bond acceptors (Lipinski definition) is 20. The summed E-state index contributed by atoms with van der Waals surface area (Å²) >= 11 is 0. The second kappa shape index (κ2) is 34.5. The van der Waals surface area contributed by atoms with Crippen LogP contribution in [0.25, 0.3) is 22.3 Å². The molecule has 5 heterocycles. The summed E-state index contributed by atoms with van der Waals surface area (Å²) < 4.78 is 43.9. The Morgan fingerprint density at radius 3 is 2.08 bits per heavy atom. The van der Waals surface area contributed by atoms with E-state index in [0.717, 1.165) is 10.5 Å². The van der Waals surface area contributed by atoms with E-state index < -0.39 is 126 Å². The van der Waals surface area contributed by atoms with Crippen LogP contribution in [0.4, 0.5) is 4.39 Å². The first-order valence-corrected chi connectivity index (χ1v) is 32.2. The van der Waals surface area contributed by atoms with Crippen molar-refractivity contribution in [1.29, 1.82) is 0 Å². The Balaban J connectivity index is 0.713. The number of esters is 1. The SMILES string of the molecule is CC[C@@]1(O)C(=O)OCc2c1cc1n(c2=O)Cc2c-1nc1cc(F)c(C)c3c1c2[C@@H](NC(=O)CCCC(=O)CNC(=O)[C@@H](CC(=O)CNC(=O)CCC(=O)[C@H](CC(=O)O)NC(=O)CCOCCOCCOCCOCCCC(=O)CCN1C(=O)C=CC1=O)Cc1ccccc1)CC3. The van der Waals surface area contributed by atoms with Gasteiger partial charge < -0.3 is 59.7 Å². The number of hydrogen-bond donors (Lipinski definition) is 6. The van der Waals surface area contributed by atoms with Gasteiger partial charge >= 0.3 is 11.9 Å². The molecule has 0 unspecified atom stereocenters. The van der Waals surface area contributed by atoms with Crippen LogP contribution < -0.4 is 26.8 Å². The number of nitrogens with zero attached hydrogens (tertiary/aromatic N) is 3. The summed E-state index contributed by atoms with van der Waals surface area (Å²) in [5.74, 6) is -8.67. The first-order chi connectivity index (χ1) is 46.1. The van der Waals surface area contributed by atoms with Crippen LogP contribution in [-0.2, 0) is 113 Å². The molecule has 96 heavy (non-hydrogen) atoms. The molecule has 0 fully saturated rings. The van der Waals surface area contributed by atoms with Gasteiger partial charge in [0.25, 0.3) is 17.4 Å². The predicted molar refractivity (Wildman–Crippen MR) is 338 cm³/mol. The molecule has 514 valence electrons. The molecular weight excluding hydrogens is 1250 g/mol. The van der Waals surface area contributed by atoms with Crippen molar-refractivity contribution in [1.82, 2.24) is 35.7 Å².